The standard InChI is InChI=1S/C26H18NOP/c1-2-10-20(11-3-1)29-27-23-16-14-18-8-4-6-12-21(18)25(23)26-22-13-7-5-9-19(22)15-17-24(26)28-29/h1-17,27H. The van der Waals surface area contributed by atoms with Gasteiger partial charge in [-0.2, -0.15) is 0 Å². The number of H-pyrrole nitrogens is 1. The fourth-order valence-corrected chi connectivity index (χ4v) is 5.61. The molecular weight excluding hydrogens is 373 g/mol. The van der Waals surface area contributed by atoms with Gasteiger partial charge in [-0.15, -0.1) is 0 Å². The summed E-state index contributed by atoms with van der Waals surface area (Å²) in [6, 6.07) is 36.2. The van der Waals surface area contributed by atoms with Gasteiger partial charge >= 0.3 is 0 Å². The van der Waals surface area contributed by atoms with E-state index in [4.69, 9.17) is 4.20 Å². The highest BCUT2D eigenvalue weighted by atomic mass is 31.1. The predicted molar refractivity (Wildman–Crippen MR) is 125 cm³/mol. The molecule has 1 aromatic heterocycles. The average molecular weight is 391 g/mol. The van der Waals surface area contributed by atoms with Gasteiger partial charge in [-0.1, -0.05) is 78.9 Å². The summed E-state index contributed by atoms with van der Waals surface area (Å²) in [5, 5.41) is 8.47. The quantitative estimate of drug-likeness (QED) is 0.300. The van der Waals surface area contributed by atoms with Gasteiger partial charge in [0.1, 0.15) is 5.58 Å². The molecule has 0 aliphatic carbocycles. The van der Waals surface area contributed by atoms with Crippen LogP contribution in [0.2, 0.25) is 0 Å². The Morgan fingerprint density at radius 2 is 1.17 bits per heavy atom. The van der Waals surface area contributed by atoms with Crippen molar-refractivity contribution in [3.8, 4) is 5.30 Å². The molecule has 0 saturated heterocycles. The second-order valence-electron chi connectivity index (χ2n) is 7.20. The zero-order valence-corrected chi connectivity index (χ0v) is 16.6. The zero-order chi connectivity index (χ0) is 19.2. The van der Waals surface area contributed by atoms with Gasteiger partial charge in [-0.3, -0.25) is 0 Å². The molecule has 0 bridgehead atoms. The molecule has 1 N–H and O–H groups in total. The van der Waals surface area contributed by atoms with E-state index in [2.05, 4.69) is 102 Å². The first-order valence-electron chi connectivity index (χ1n) is 9.72. The number of benzene rings is 5. The van der Waals surface area contributed by atoms with Crippen LogP contribution in [0.25, 0.3) is 48.7 Å². The van der Waals surface area contributed by atoms with Crippen molar-refractivity contribution < 1.29 is 4.20 Å². The summed E-state index contributed by atoms with van der Waals surface area (Å²) in [5.74, 6) is 0. The van der Waals surface area contributed by atoms with Crippen molar-refractivity contribution in [3.05, 3.63) is 103 Å². The van der Waals surface area contributed by atoms with Crippen molar-refractivity contribution in [2.75, 3.05) is 0 Å². The number of rotatable bonds is 1. The average Bonchev–Trinajstić information content (AvgIpc) is 2.97. The maximum atomic E-state index is 6.64. The van der Waals surface area contributed by atoms with Crippen LogP contribution in [0, 0.1) is 0 Å². The van der Waals surface area contributed by atoms with Gasteiger partial charge in [-0.05, 0) is 45.8 Å². The van der Waals surface area contributed by atoms with Gasteiger partial charge in [0, 0.05) is 16.1 Å². The minimum absolute atomic E-state index is 0.932. The molecule has 0 aliphatic rings. The second-order valence-corrected chi connectivity index (χ2v) is 8.71. The molecule has 6 rings (SSSR count). The van der Waals surface area contributed by atoms with Crippen LogP contribution in [0.4, 0.5) is 0 Å². The second kappa shape index (κ2) is 6.55. The Kier molecular flexibility index (Phi) is 3.72. The molecule has 0 amide bonds. The lowest BCUT2D eigenvalue weighted by Gasteiger charge is -2.06. The molecule has 0 radical (unpaired) electrons. The van der Waals surface area contributed by atoms with Crippen molar-refractivity contribution in [1.82, 2.24) is 4.75 Å². The molecule has 0 fully saturated rings. The molecule has 0 saturated carbocycles. The van der Waals surface area contributed by atoms with Gasteiger partial charge in [0.05, 0.1) is 5.52 Å². The lowest BCUT2D eigenvalue weighted by atomic mass is 9.98. The molecule has 0 aliphatic heterocycles. The lowest BCUT2D eigenvalue weighted by molar-refractivity contribution is 0.740. The highest BCUT2D eigenvalue weighted by molar-refractivity contribution is 7.47. The SMILES string of the molecule is c1ccc(-p2[nH]c3ccc4ccccc4c3c3c(ccc4ccccc43)o2)cc1. The van der Waals surface area contributed by atoms with Gasteiger partial charge in [0.2, 0.25) is 0 Å². The van der Waals surface area contributed by atoms with E-state index in [-0.39, 0.29) is 0 Å². The molecule has 29 heavy (non-hydrogen) atoms. The summed E-state index contributed by atoms with van der Waals surface area (Å²) in [4.78, 5) is 0. The van der Waals surface area contributed by atoms with Gasteiger partial charge in [0.25, 0.3) is 0 Å². The first kappa shape index (κ1) is 16.5. The monoisotopic (exact) mass is 391 g/mol. The third kappa shape index (κ3) is 2.65. The molecule has 0 spiro atoms. The maximum absolute atomic E-state index is 6.64. The number of nitrogens with one attached hydrogen (secondary N) is 1. The molecule has 1 heterocycles. The van der Waals surface area contributed by atoms with Crippen LogP contribution in [-0.4, -0.2) is 4.75 Å². The van der Waals surface area contributed by atoms with Crippen LogP contribution in [0.15, 0.2) is 107 Å². The van der Waals surface area contributed by atoms with E-state index < -0.39 is 7.93 Å². The van der Waals surface area contributed by atoms with Crippen molar-refractivity contribution >= 4 is 51.3 Å². The summed E-state index contributed by atoms with van der Waals surface area (Å²) >= 11 is 0. The van der Waals surface area contributed by atoms with E-state index >= 15 is 0 Å². The molecule has 1 unspecified atom stereocenters. The van der Waals surface area contributed by atoms with Crippen molar-refractivity contribution in [2.45, 2.75) is 0 Å². The molecule has 6 aromatic rings. The molecule has 5 aromatic carbocycles. The normalized spacial score (nSPS) is 12.1. The van der Waals surface area contributed by atoms with Crippen LogP contribution in [0.5, 0.6) is 0 Å². The summed E-state index contributed by atoms with van der Waals surface area (Å²) in [6.07, 6.45) is 0. The van der Waals surface area contributed by atoms with E-state index in [9.17, 15) is 0 Å². The Labute approximate surface area is 168 Å². The minimum Gasteiger partial charge on any atom is -0.429 e. The van der Waals surface area contributed by atoms with Crippen LogP contribution in [0.1, 0.15) is 0 Å². The Hall–Kier alpha value is -3.48. The van der Waals surface area contributed by atoms with E-state index in [0.717, 1.165) is 11.1 Å². The Bertz CT molecular complexity index is 1450. The zero-order valence-electron chi connectivity index (χ0n) is 15.7. The fourth-order valence-electron chi connectivity index (χ4n) is 4.13. The van der Waals surface area contributed by atoms with Crippen LogP contribution < -0.4 is 0 Å². The highest BCUT2D eigenvalue weighted by Crippen LogP contribution is 2.42. The minimum atomic E-state index is -1.03. The topological polar surface area (TPSA) is 28.9 Å². The summed E-state index contributed by atoms with van der Waals surface area (Å²) in [7, 11) is -1.03. The predicted octanol–water partition coefficient (Wildman–Crippen LogP) is 8.32. The van der Waals surface area contributed by atoms with Gasteiger partial charge in [-0.25, -0.2) is 0 Å². The summed E-state index contributed by atoms with van der Waals surface area (Å²) in [6.45, 7) is 0. The van der Waals surface area contributed by atoms with E-state index in [0.29, 0.717) is 0 Å². The largest absolute Gasteiger partial charge is 0.429 e. The highest BCUT2D eigenvalue weighted by Gasteiger charge is 2.11. The number of hydrogen-bond donors (Lipinski definition) is 1. The summed E-state index contributed by atoms with van der Waals surface area (Å²) < 4.78 is 10.4. The molecule has 1 atom stereocenters. The third-order valence-corrected chi connectivity index (χ3v) is 7.06. The van der Waals surface area contributed by atoms with Crippen molar-refractivity contribution in [3.63, 3.8) is 0 Å². The lowest BCUT2D eigenvalue weighted by Crippen LogP contribution is -1.80. The first-order valence-corrected chi connectivity index (χ1v) is 11.0. The van der Waals surface area contributed by atoms with E-state index in [1.807, 2.05) is 6.07 Å². The third-order valence-electron chi connectivity index (χ3n) is 5.47. The smallest absolute Gasteiger partial charge is 0.151 e. The van der Waals surface area contributed by atoms with Crippen LogP contribution in [0.3, 0.4) is 0 Å². The number of fused-ring (bicyclic) bond motifs is 7. The Morgan fingerprint density at radius 1 is 0.552 bits per heavy atom. The van der Waals surface area contributed by atoms with Crippen LogP contribution in [-0.2, 0) is 0 Å². The summed E-state index contributed by atoms with van der Waals surface area (Å²) in [5.41, 5.74) is 2.05. The van der Waals surface area contributed by atoms with Gasteiger partial charge < -0.3 is 8.94 Å². The van der Waals surface area contributed by atoms with Crippen molar-refractivity contribution in [2.24, 2.45) is 0 Å². The Morgan fingerprint density at radius 3 is 1.93 bits per heavy atom. The number of aromatic nitrogens is 1. The molecular formula is C26H18NOP. The first-order chi connectivity index (χ1) is 14.4. The van der Waals surface area contributed by atoms with E-state index in [1.54, 1.807) is 0 Å². The van der Waals surface area contributed by atoms with Gasteiger partial charge in [0.15, 0.2) is 7.93 Å². The van der Waals surface area contributed by atoms with E-state index in [1.165, 1.54) is 37.6 Å². The number of aromatic amines is 1. The van der Waals surface area contributed by atoms with Crippen molar-refractivity contribution in [1.29, 1.82) is 0 Å². The number of hydrogen-bond acceptors (Lipinski definition) is 1. The maximum Gasteiger partial charge on any atom is 0.151 e. The molecule has 3 heteroatoms. The fraction of sp³-hybridized carbons (Fsp3) is 0. The Balaban J connectivity index is 1.93. The molecule has 2 nitrogen and oxygen atoms in total. The molecule has 138 valence electrons. The van der Waals surface area contributed by atoms with Crippen LogP contribution >= 0.6 is 7.93 Å².